The zero-order valence-electron chi connectivity index (χ0n) is 8.70. The lowest BCUT2D eigenvalue weighted by molar-refractivity contribution is 0.0959. The number of aryl methyl sites for hydroxylation is 1. The van der Waals surface area contributed by atoms with Gasteiger partial charge in [-0.2, -0.15) is 0 Å². The molecule has 0 radical (unpaired) electrons. The second-order valence-electron chi connectivity index (χ2n) is 3.24. The molecule has 1 aromatic carbocycles. The van der Waals surface area contributed by atoms with Crippen molar-refractivity contribution in [2.75, 3.05) is 6.54 Å². The van der Waals surface area contributed by atoms with Gasteiger partial charge in [0.05, 0.1) is 6.54 Å². The number of amidine groups is 1. The van der Waals surface area contributed by atoms with Gasteiger partial charge in [-0.25, -0.2) is 0 Å². The zero-order chi connectivity index (χ0) is 12.1. The molecule has 1 amide bonds. The first-order valence-electron chi connectivity index (χ1n) is 4.55. The zero-order valence-corrected chi connectivity index (χ0v) is 9.45. The van der Waals surface area contributed by atoms with E-state index in [0.29, 0.717) is 10.6 Å². The van der Waals surface area contributed by atoms with Crippen molar-refractivity contribution in [1.29, 1.82) is 0 Å². The fourth-order valence-electron chi connectivity index (χ4n) is 1.09. The predicted molar refractivity (Wildman–Crippen MR) is 61.9 cm³/mol. The van der Waals surface area contributed by atoms with E-state index in [1.807, 2.05) is 6.92 Å². The molecule has 0 saturated heterocycles. The summed E-state index contributed by atoms with van der Waals surface area (Å²) in [6.45, 7) is 1.81. The molecule has 0 bridgehead atoms. The molecule has 4 N–H and O–H groups in total. The second kappa shape index (κ2) is 5.37. The number of nitrogens with one attached hydrogen (secondary N) is 1. The Morgan fingerprint density at radius 1 is 1.62 bits per heavy atom. The number of nitrogens with zero attached hydrogens (tertiary/aromatic N) is 1. The van der Waals surface area contributed by atoms with Crippen LogP contribution >= 0.6 is 11.6 Å². The third kappa shape index (κ3) is 3.13. The summed E-state index contributed by atoms with van der Waals surface area (Å²) in [5, 5.41) is 14.1. The highest BCUT2D eigenvalue weighted by molar-refractivity contribution is 6.31. The van der Waals surface area contributed by atoms with Crippen LogP contribution in [0.25, 0.3) is 0 Å². The average Bonchev–Trinajstić information content (AvgIpc) is 2.29. The summed E-state index contributed by atoms with van der Waals surface area (Å²) in [5.74, 6) is -0.356. The maximum atomic E-state index is 11.6. The molecule has 86 valence electrons. The van der Waals surface area contributed by atoms with Gasteiger partial charge in [0.15, 0.2) is 5.84 Å². The molecule has 0 unspecified atom stereocenters. The smallest absolute Gasteiger partial charge is 0.251 e. The maximum absolute atomic E-state index is 11.6. The lowest BCUT2D eigenvalue weighted by Gasteiger charge is -2.05. The third-order valence-electron chi connectivity index (χ3n) is 1.98. The highest BCUT2D eigenvalue weighted by atomic mass is 35.5. The van der Waals surface area contributed by atoms with E-state index in [0.717, 1.165) is 5.56 Å². The molecular weight excluding hydrogens is 230 g/mol. The molecule has 0 fully saturated rings. The first kappa shape index (κ1) is 12.3. The van der Waals surface area contributed by atoms with E-state index in [1.165, 1.54) is 0 Å². The van der Waals surface area contributed by atoms with Crippen molar-refractivity contribution in [2.45, 2.75) is 6.92 Å². The van der Waals surface area contributed by atoms with Crippen LogP contribution in [0.5, 0.6) is 0 Å². The Morgan fingerprint density at radius 3 is 2.88 bits per heavy atom. The first-order chi connectivity index (χ1) is 7.54. The van der Waals surface area contributed by atoms with Gasteiger partial charge in [-0.3, -0.25) is 4.79 Å². The van der Waals surface area contributed by atoms with Crippen LogP contribution in [0, 0.1) is 6.92 Å². The lowest BCUT2D eigenvalue weighted by atomic mass is 10.1. The van der Waals surface area contributed by atoms with E-state index in [4.69, 9.17) is 22.5 Å². The summed E-state index contributed by atoms with van der Waals surface area (Å²) < 4.78 is 0. The quantitative estimate of drug-likeness (QED) is 0.321. The number of hydrogen-bond acceptors (Lipinski definition) is 3. The number of rotatable bonds is 3. The Labute approximate surface area is 97.9 Å². The Hall–Kier alpha value is -1.75. The van der Waals surface area contributed by atoms with Crippen molar-refractivity contribution in [3.05, 3.63) is 34.3 Å². The second-order valence-corrected chi connectivity index (χ2v) is 3.65. The molecular formula is C10H12ClN3O2. The van der Waals surface area contributed by atoms with Gasteiger partial charge < -0.3 is 16.3 Å². The highest BCUT2D eigenvalue weighted by Crippen LogP contribution is 2.15. The van der Waals surface area contributed by atoms with Crippen molar-refractivity contribution in [1.82, 2.24) is 5.32 Å². The van der Waals surface area contributed by atoms with Gasteiger partial charge in [0.2, 0.25) is 0 Å². The normalized spacial score (nSPS) is 11.2. The van der Waals surface area contributed by atoms with Gasteiger partial charge in [-0.05, 0) is 30.7 Å². The van der Waals surface area contributed by atoms with E-state index >= 15 is 0 Å². The molecule has 0 saturated carbocycles. The molecule has 16 heavy (non-hydrogen) atoms. The molecule has 0 atom stereocenters. The number of hydrogen-bond donors (Lipinski definition) is 3. The summed E-state index contributed by atoms with van der Waals surface area (Å²) in [7, 11) is 0. The Balaban J connectivity index is 2.70. The van der Waals surface area contributed by atoms with Crippen LogP contribution in [0.2, 0.25) is 5.02 Å². The van der Waals surface area contributed by atoms with Crippen LogP contribution < -0.4 is 11.1 Å². The summed E-state index contributed by atoms with van der Waals surface area (Å²) in [6, 6.07) is 4.93. The van der Waals surface area contributed by atoms with Crippen LogP contribution in [-0.4, -0.2) is 23.5 Å². The van der Waals surface area contributed by atoms with E-state index in [-0.39, 0.29) is 18.3 Å². The largest absolute Gasteiger partial charge is 0.409 e. The van der Waals surface area contributed by atoms with Crippen molar-refractivity contribution in [2.24, 2.45) is 10.9 Å². The topological polar surface area (TPSA) is 87.7 Å². The minimum atomic E-state index is -0.300. The van der Waals surface area contributed by atoms with Crippen molar-refractivity contribution in [3.63, 3.8) is 0 Å². The molecule has 0 aliphatic carbocycles. The van der Waals surface area contributed by atoms with Crippen LogP contribution in [0.3, 0.4) is 0 Å². The monoisotopic (exact) mass is 241 g/mol. The third-order valence-corrected chi connectivity index (χ3v) is 2.40. The number of carbonyl (C=O) groups is 1. The number of halogens is 1. The standard InChI is InChI=1S/C10H12ClN3O2/c1-6-4-7(2-3-8(6)11)10(15)13-5-9(12)14-16/h2-4,16H,5H2,1H3,(H2,12,14)(H,13,15). The van der Waals surface area contributed by atoms with Crippen molar-refractivity contribution in [3.8, 4) is 0 Å². The summed E-state index contributed by atoms with van der Waals surface area (Å²) in [6.07, 6.45) is 0. The molecule has 0 heterocycles. The fourth-order valence-corrected chi connectivity index (χ4v) is 1.21. The Kier molecular flexibility index (Phi) is 4.13. The van der Waals surface area contributed by atoms with E-state index in [1.54, 1.807) is 18.2 Å². The van der Waals surface area contributed by atoms with Gasteiger partial charge >= 0.3 is 0 Å². The number of oxime groups is 1. The van der Waals surface area contributed by atoms with Crippen LogP contribution in [0.1, 0.15) is 15.9 Å². The van der Waals surface area contributed by atoms with E-state index in [2.05, 4.69) is 10.5 Å². The Bertz CT molecular complexity index is 432. The van der Waals surface area contributed by atoms with Crippen LogP contribution in [-0.2, 0) is 0 Å². The number of nitrogens with two attached hydrogens (primary N) is 1. The molecule has 1 aromatic rings. The lowest BCUT2D eigenvalue weighted by Crippen LogP contribution is -2.33. The number of amides is 1. The van der Waals surface area contributed by atoms with Crippen molar-refractivity contribution >= 4 is 23.3 Å². The van der Waals surface area contributed by atoms with Gasteiger partial charge in [0.1, 0.15) is 0 Å². The first-order valence-corrected chi connectivity index (χ1v) is 4.93. The van der Waals surface area contributed by atoms with Gasteiger partial charge in [-0.1, -0.05) is 16.8 Å². The molecule has 0 spiro atoms. The molecule has 5 nitrogen and oxygen atoms in total. The van der Waals surface area contributed by atoms with Crippen molar-refractivity contribution < 1.29 is 10.0 Å². The summed E-state index contributed by atoms with van der Waals surface area (Å²) in [5.41, 5.74) is 6.51. The van der Waals surface area contributed by atoms with E-state index < -0.39 is 0 Å². The van der Waals surface area contributed by atoms with Gasteiger partial charge in [0.25, 0.3) is 5.91 Å². The molecule has 0 aromatic heterocycles. The molecule has 6 heteroatoms. The van der Waals surface area contributed by atoms with E-state index in [9.17, 15) is 4.79 Å². The summed E-state index contributed by atoms with van der Waals surface area (Å²) >= 11 is 5.83. The molecule has 1 rings (SSSR count). The number of carbonyl (C=O) groups excluding carboxylic acids is 1. The number of benzene rings is 1. The predicted octanol–water partition coefficient (Wildman–Crippen LogP) is 1.12. The van der Waals surface area contributed by atoms with Gasteiger partial charge in [0, 0.05) is 10.6 Å². The molecule has 0 aliphatic rings. The maximum Gasteiger partial charge on any atom is 0.251 e. The fraction of sp³-hybridized carbons (Fsp3) is 0.200. The summed E-state index contributed by atoms with van der Waals surface area (Å²) in [4.78, 5) is 11.6. The SMILES string of the molecule is Cc1cc(C(=O)NC/C(N)=N/O)ccc1Cl. The average molecular weight is 242 g/mol. The van der Waals surface area contributed by atoms with Gasteiger partial charge in [-0.15, -0.1) is 0 Å². The Morgan fingerprint density at radius 2 is 2.31 bits per heavy atom. The molecule has 0 aliphatic heterocycles. The minimum absolute atomic E-state index is 0.00297. The van der Waals surface area contributed by atoms with Crippen LogP contribution in [0.4, 0.5) is 0 Å². The highest BCUT2D eigenvalue weighted by Gasteiger charge is 2.07. The minimum Gasteiger partial charge on any atom is -0.409 e. The van der Waals surface area contributed by atoms with Crippen LogP contribution in [0.15, 0.2) is 23.4 Å².